The summed E-state index contributed by atoms with van der Waals surface area (Å²) in [5, 5.41) is 3.27. The van der Waals surface area contributed by atoms with Gasteiger partial charge >= 0.3 is 0 Å². The van der Waals surface area contributed by atoms with Crippen molar-refractivity contribution in [1.29, 1.82) is 0 Å². The smallest absolute Gasteiger partial charge is 0.243 e. The number of fused-ring (bicyclic) bond motifs is 1. The molecule has 0 saturated heterocycles. The molecule has 0 unspecified atom stereocenters. The van der Waals surface area contributed by atoms with Crippen LogP contribution in [0.2, 0.25) is 0 Å². The van der Waals surface area contributed by atoms with Gasteiger partial charge in [-0.25, -0.2) is 12.7 Å². The Kier molecular flexibility index (Phi) is 4.16. The number of nitrogens with zero attached hydrogens (tertiary/aromatic N) is 1. The summed E-state index contributed by atoms with van der Waals surface area (Å²) in [4.78, 5) is 0.459. The van der Waals surface area contributed by atoms with Gasteiger partial charge < -0.3 is 5.32 Å². The number of benzene rings is 1. The van der Waals surface area contributed by atoms with Gasteiger partial charge in [-0.3, -0.25) is 0 Å². The molecule has 0 spiro atoms. The summed E-state index contributed by atoms with van der Waals surface area (Å²) < 4.78 is 26.7. The standard InChI is InChI=1S/C14H22N2O2S/c1-11(2)10-16(3)19(17,18)14-8-4-7-13-12(14)6-5-9-15-13/h4,7-8,11,15H,5-6,9-10H2,1-3H3. The highest BCUT2D eigenvalue weighted by molar-refractivity contribution is 7.89. The van der Waals surface area contributed by atoms with Crippen molar-refractivity contribution in [3.05, 3.63) is 23.8 Å². The fraction of sp³-hybridized carbons (Fsp3) is 0.571. The van der Waals surface area contributed by atoms with E-state index in [0.29, 0.717) is 17.4 Å². The second-order valence-corrected chi connectivity index (χ2v) is 7.51. The fourth-order valence-corrected chi connectivity index (χ4v) is 4.10. The van der Waals surface area contributed by atoms with Crippen molar-refractivity contribution in [1.82, 2.24) is 4.31 Å². The zero-order valence-electron chi connectivity index (χ0n) is 11.8. The highest BCUT2D eigenvalue weighted by Crippen LogP contribution is 2.30. The first kappa shape index (κ1) is 14.3. The van der Waals surface area contributed by atoms with Crippen LogP contribution in [-0.4, -0.2) is 32.9 Å². The minimum Gasteiger partial charge on any atom is -0.385 e. The lowest BCUT2D eigenvalue weighted by molar-refractivity contribution is 0.416. The van der Waals surface area contributed by atoms with Gasteiger partial charge in [0, 0.05) is 25.8 Å². The second-order valence-electron chi connectivity index (χ2n) is 5.49. The molecular weight excluding hydrogens is 260 g/mol. The van der Waals surface area contributed by atoms with Gasteiger partial charge in [0.1, 0.15) is 0 Å². The zero-order valence-corrected chi connectivity index (χ0v) is 12.6. The largest absolute Gasteiger partial charge is 0.385 e. The molecule has 5 heteroatoms. The third-order valence-electron chi connectivity index (χ3n) is 3.36. The summed E-state index contributed by atoms with van der Waals surface area (Å²) in [6.07, 6.45) is 1.81. The van der Waals surface area contributed by atoms with Crippen molar-refractivity contribution < 1.29 is 8.42 Å². The molecule has 0 saturated carbocycles. The minimum atomic E-state index is -3.38. The van der Waals surface area contributed by atoms with Crippen LogP contribution in [0.15, 0.2) is 23.1 Å². The van der Waals surface area contributed by atoms with E-state index in [-0.39, 0.29) is 0 Å². The molecule has 1 aliphatic heterocycles. The summed E-state index contributed by atoms with van der Waals surface area (Å²) in [5.41, 5.74) is 1.90. The Balaban J connectivity index is 2.41. The van der Waals surface area contributed by atoms with Gasteiger partial charge in [0.05, 0.1) is 4.90 Å². The normalized spacial score (nSPS) is 15.4. The van der Waals surface area contributed by atoms with Crippen molar-refractivity contribution in [3.8, 4) is 0 Å². The maximum absolute atomic E-state index is 12.6. The van der Waals surface area contributed by atoms with Crippen LogP contribution in [0.4, 0.5) is 5.69 Å². The molecule has 1 heterocycles. The van der Waals surface area contributed by atoms with E-state index in [4.69, 9.17) is 0 Å². The third-order valence-corrected chi connectivity index (χ3v) is 5.27. The summed E-state index contributed by atoms with van der Waals surface area (Å²) >= 11 is 0. The van der Waals surface area contributed by atoms with Crippen molar-refractivity contribution in [2.24, 2.45) is 5.92 Å². The molecule has 1 N–H and O–H groups in total. The molecular formula is C14H22N2O2S. The molecule has 2 rings (SSSR count). The van der Waals surface area contributed by atoms with E-state index in [1.165, 1.54) is 4.31 Å². The monoisotopic (exact) mass is 282 g/mol. The van der Waals surface area contributed by atoms with Gasteiger partial charge in [0.15, 0.2) is 0 Å². The van der Waals surface area contributed by atoms with Crippen LogP contribution >= 0.6 is 0 Å². The Hall–Kier alpha value is -1.07. The van der Waals surface area contributed by atoms with Gasteiger partial charge in [-0.1, -0.05) is 19.9 Å². The maximum Gasteiger partial charge on any atom is 0.243 e. The van der Waals surface area contributed by atoms with Crippen LogP contribution < -0.4 is 5.32 Å². The maximum atomic E-state index is 12.6. The molecule has 0 aliphatic carbocycles. The molecule has 19 heavy (non-hydrogen) atoms. The van der Waals surface area contributed by atoms with E-state index in [1.807, 2.05) is 26.0 Å². The van der Waals surface area contributed by atoms with E-state index >= 15 is 0 Å². The number of anilines is 1. The van der Waals surface area contributed by atoms with Crippen LogP contribution in [0.5, 0.6) is 0 Å². The first-order valence-corrected chi connectivity index (χ1v) is 8.19. The fourth-order valence-electron chi connectivity index (χ4n) is 2.50. The van der Waals surface area contributed by atoms with Crippen LogP contribution in [-0.2, 0) is 16.4 Å². The average molecular weight is 282 g/mol. The molecule has 4 nitrogen and oxygen atoms in total. The van der Waals surface area contributed by atoms with Crippen molar-refractivity contribution >= 4 is 15.7 Å². The highest BCUT2D eigenvalue weighted by Gasteiger charge is 2.26. The second kappa shape index (κ2) is 5.51. The molecule has 0 aromatic heterocycles. The zero-order chi connectivity index (χ0) is 14.0. The number of hydrogen-bond donors (Lipinski definition) is 1. The SMILES string of the molecule is CC(C)CN(C)S(=O)(=O)c1cccc2c1CCCN2. The minimum absolute atomic E-state index is 0.317. The van der Waals surface area contributed by atoms with Crippen molar-refractivity contribution in [2.45, 2.75) is 31.6 Å². The van der Waals surface area contributed by atoms with E-state index in [0.717, 1.165) is 30.6 Å². The predicted octanol–water partition coefficient (Wildman–Crippen LogP) is 2.32. The quantitative estimate of drug-likeness (QED) is 0.922. The Labute approximate surface area is 115 Å². The van der Waals surface area contributed by atoms with Gasteiger partial charge in [0.25, 0.3) is 0 Å². The topological polar surface area (TPSA) is 49.4 Å². The molecule has 0 bridgehead atoms. The Bertz CT molecular complexity index is 553. The molecule has 0 amide bonds. The van der Waals surface area contributed by atoms with Gasteiger partial charge in [-0.15, -0.1) is 0 Å². The Morgan fingerprint density at radius 3 is 2.79 bits per heavy atom. The molecule has 1 aliphatic rings. The number of hydrogen-bond acceptors (Lipinski definition) is 3. The van der Waals surface area contributed by atoms with Crippen molar-refractivity contribution in [2.75, 3.05) is 25.5 Å². The molecule has 0 atom stereocenters. The summed E-state index contributed by atoms with van der Waals surface area (Å²) in [5.74, 6) is 0.317. The molecule has 0 fully saturated rings. The van der Waals surface area contributed by atoms with Crippen LogP contribution in [0, 0.1) is 5.92 Å². The van der Waals surface area contributed by atoms with Gasteiger partial charge in [-0.05, 0) is 36.5 Å². The molecule has 0 radical (unpaired) electrons. The summed E-state index contributed by atoms with van der Waals surface area (Å²) in [7, 11) is -1.72. The van der Waals surface area contributed by atoms with E-state index < -0.39 is 10.0 Å². The van der Waals surface area contributed by atoms with Crippen LogP contribution in [0.25, 0.3) is 0 Å². The van der Waals surface area contributed by atoms with Crippen LogP contribution in [0.3, 0.4) is 0 Å². The van der Waals surface area contributed by atoms with E-state index in [9.17, 15) is 8.42 Å². The summed E-state index contributed by atoms with van der Waals surface area (Å²) in [6, 6.07) is 5.49. The Morgan fingerprint density at radius 2 is 2.11 bits per heavy atom. The summed E-state index contributed by atoms with van der Waals surface area (Å²) in [6.45, 7) is 5.50. The lowest BCUT2D eigenvalue weighted by Gasteiger charge is -2.24. The first-order chi connectivity index (χ1) is 8.93. The number of sulfonamides is 1. The predicted molar refractivity (Wildman–Crippen MR) is 77.9 cm³/mol. The molecule has 1 aromatic rings. The van der Waals surface area contributed by atoms with Crippen LogP contribution in [0.1, 0.15) is 25.8 Å². The van der Waals surface area contributed by atoms with Crippen molar-refractivity contribution in [3.63, 3.8) is 0 Å². The Morgan fingerprint density at radius 1 is 1.37 bits per heavy atom. The lowest BCUT2D eigenvalue weighted by Crippen LogP contribution is -2.31. The number of nitrogens with one attached hydrogen (secondary N) is 1. The van der Waals surface area contributed by atoms with Gasteiger partial charge in [-0.2, -0.15) is 0 Å². The lowest BCUT2D eigenvalue weighted by atomic mass is 10.0. The number of rotatable bonds is 4. The average Bonchev–Trinajstić information content (AvgIpc) is 2.37. The molecule has 106 valence electrons. The van der Waals surface area contributed by atoms with E-state index in [1.54, 1.807) is 13.1 Å². The highest BCUT2D eigenvalue weighted by atomic mass is 32.2. The third kappa shape index (κ3) is 2.92. The first-order valence-electron chi connectivity index (χ1n) is 6.75. The van der Waals surface area contributed by atoms with E-state index in [2.05, 4.69) is 5.32 Å². The molecule has 1 aromatic carbocycles. The van der Waals surface area contributed by atoms with Gasteiger partial charge in [0.2, 0.25) is 10.0 Å².